The molecule has 0 amide bonds. The van der Waals surface area contributed by atoms with Gasteiger partial charge in [-0.1, -0.05) is 49.7 Å². The van der Waals surface area contributed by atoms with Gasteiger partial charge >= 0.3 is 0 Å². The molecular weight excluding hydrogens is 256 g/mol. The minimum atomic E-state index is 0.687. The van der Waals surface area contributed by atoms with E-state index in [1.165, 1.54) is 18.4 Å². The molecule has 3 aromatic rings. The van der Waals surface area contributed by atoms with Crippen LogP contribution in [-0.2, 0) is 0 Å². The molecule has 2 heteroatoms. The smallest absolute Gasteiger partial charge is 0.153 e. The molecule has 1 saturated carbocycles. The maximum atomic E-state index is 6.15. The molecule has 19 heavy (non-hydrogen) atoms. The van der Waals surface area contributed by atoms with Crippen molar-refractivity contribution in [3.8, 4) is 0 Å². The fourth-order valence-corrected chi connectivity index (χ4v) is 2.66. The monoisotopic (exact) mass is 272 g/mol. The summed E-state index contributed by atoms with van der Waals surface area (Å²) in [4.78, 5) is 0. The number of benzene rings is 2. The molecule has 1 heterocycles. The molecule has 1 fully saturated rings. The molecule has 0 atom stereocenters. The van der Waals surface area contributed by atoms with E-state index in [9.17, 15) is 0 Å². The summed E-state index contributed by atoms with van der Waals surface area (Å²) in [6, 6.07) is 12.4. The molecule has 1 aliphatic rings. The Labute approximate surface area is 118 Å². The Hall–Kier alpha value is -1.47. The minimum Gasteiger partial charge on any atom is -0.454 e. The van der Waals surface area contributed by atoms with Gasteiger partial charge in [0.1, 0.15) is 5.58 Å². The van der Waals surface area contributed by atoms with Gasteiger partial charge in [0.05, 0.1) is 5.02 Å². The third kappa shape index (κ3) is 2.12. The predicted octanol–water partition coefficient (Wildman–Crippen LogP) is 6.14. The fraction of sp³-hybridized carbons (Fsp3) is 0.294. The van der Waals surface area contributed by atoms with Crippen molar-refractivity contribution in [3.63, 3.8) is 0 Å². The molecular formula is C17H17ClO. The number of para-hydroxylation sites is 1. The van der Waals surface area contributed by atoms with Crippen LogP contribution < -0.4 is 0 Å². The first-order valence-corrected chi connectivity index (χ1v) is 7.31. The van der Waals surface area contributed by atoms with E-state index >= 15 is 0 Å². The first-order chi connectivity index (χ1) is 9.33. The number of halogens is 1. The van der Waals surface area contributed by atoms with Gasteiger partial charge in [-0.15, -0.1) is 0 Å². The summed E-state index contributed by atoms with van der Waals surface area (Å²) >= 11 is 6.15. The highest BCUT2D eigenvalue weighted by Crippen LogP contribution is 2.42. The lowest BCUT2D eigenvalue weighted by Crippen LogP contribution is -1.76. The Bertz CT molecular complexity index is 723. The normalized spacial score (nSPS) is 14.5. The Kier molecular flexibility index (Phi) is 3.24. The van der Waals surface area contributed by atoms with Gasteiger partial charge in [-0.25, -0.2) is 0 Å². The van der Waals surface area contributed by atoms with E-state index in [1.807, 2.05) is 26.0 Å². The largest absolute Gasteiger partial charge is 0.454 e. The second kappa shape index (κ2) is 4.90. The SMILES string of the molecule is CC.Clc1cccc2c1oc1cc(C3CC3)ccc12. The van der Waals surface area contributed by atoms with E-state index in [0.29, 0.717) is 5.02 Å². The molecule has 0 N–H and O–H groups in total. The van der Waals surface area contributed by atoms with E-state index < -0.39 is 0 Å². The molecule has 98 valence electrons. The second-order valence-electron chi connectivity index (χ2n) is 4.75. The van der Waals surface area contributed by atoms with Crippen molar-refractivity contribution in [1.82, 2.24) is 0 Å². The summed E-state index contributed by atoms with van der Waals surface area (Å²) in [5.74, 6) is 0.753. The van der Waals surface area contributed by atoms with Gasteiger partial charge in [-0.2, -0.15) is 0 Å². The lowest BCUT2D eigenvalue weighted by atomic mass is 10.1. The topological polar surface area (TPSA) is 13.1 Å². The average molecular weight is 273 g/mol. The van der Waals surface area contributed by atoms with Gasteiger partial charge in [0, 0.05) is 10.8 Å². The molecule has 0 bridgehead atoms. The van der Waals surface area contributed by atoms with E-state index in [0.717, 1.165) is 27.9 Å². The highest BCUT2D eigenvalue weighted by atomic mass is 35.5. The maximum Gasteiger partial charge on any atom is 0.153 e. The van der Waals surface area contributed by atoms with Crippen LogP contribution in [0.4, 0.5) is 0 Å². The first kappa shape index (κ1) is 12.6. The van der Waals surface area contributed by atoms with Crippen molar-refractivity contribution in [1.29, 1.82) is 0 Å². The molecule has 1 aromatic heterocycles. The Balaban J connectivity index is 0.000000528. The molecule has 0 radical (unpaired) electrons. The second-order valence-corrected chi connectivity index (χ2v) is 5.16. The zero-order chi connectivity index (χ0) is 13.4. The number of furan rings is 1. The van der Waals surface area contributed by atoms with Crippen LogP contribution in [0.2, 0.25) is 5.02 Å². The van der Waals surface area contributed by atoms with Crippen LogP contribution >= 0.6 is 11.6 Å². The summed E-state index contributed by atoms with van der Waals surface area (Å²) in [7, 11) is 0. The van der Waals surface area contributed by atoms with Gasteiger partial charge in [0.2, 0.25) is 0 Å². The van der Waals surface area contributed by atoms with Crippen LogP contribution in [0.15, 0.2) is 40.8 Å². The molecule has 2 aromatic carbocycles. The van der Waals surface area contributed by atoms with Crippen molar-refractivity contribution in [3.05, 3.63) is 47.0 Å². The van der Waals surface area contributed by atoms with Gasteiger partial charge < -0.3 is 4.42 Å². The van der Waals surface area contributed by atoms with Gasteiger partial charge in [-0.05, 0) is 36.5 Å². The first-order valence-electron chi connectivity index (χ1n) is 6.93. The van der Waals surface area contributed by atoms with Gasteiger partial charge in [0.25, 0.3) is 0 Å². The van der Waals surface area contributed by atoms with Gasteiger partial charge in [-0.3, -0.25) is 0 Å². The van der Waals surface area contributed by atoms with E-state index in [-0.39, 0.29) is 0 Å². The molecule has 1 nitrogen and oxygen atoms in total. The van der Waals surface area contributed by atoms with E-state index in [4.69, 9.17) is 16.0 Å². The molecule has 0 aliphatic heterocycles. The minimum absolute atomic E-state index is 0.687. The lowest BCUT2D eigenvalue weighted by Gasteiger charge is -1.96. The highest BCUT2D eigenvalue weighted by molar-refractivity contribution is 6.35. The van der Waals surface area contributed by atoms with Crippen LogP contribution in [0.25, 0.3) is 21.9 Å². The summed E-state index contributed by atoms with van der Waals surface area (Å²) in [5.41, 5.74) is 3.15. The molecule has 0 spiro atoms. The zero-order valence-electron chi connectivity index (χ0n) is 11.2. The Morgan fingerprint density at radius 3 is 2.58 bits per heavy atom. The van der Waals surface area contributed by atoms with Crippen LogP contribution in [0.3, 0.4) is 0 Å². The van der Waals surface area contributed by atoms with Crippen LogP contribution in [0.5, 0.6) is 0 Å². The Morgan fingerprint density at radius 1 is 1.05 bits per heavy atom. The lowest BCUT2D eigenvalue weighted by molar-refractivity contribution is 0.668. The fourth-order valence-electron chi connectivity index (χ4n) is 2.45. The highest BCUT2D eigenvalue weighted by Gasteiger charge is 2.24. The van der Waals surface area contributed by atoms with E-state index in [2.05, 4.69) is 24.3 Å². The van der Waals surface area contributed by atoms with Crippen molar-refractivity contribution in [2.75, 3.05) is 0 Å². The third-order valence-electron chi connectivity index (χ3n) is 3.52. The number of hydrogen-bond acceptors (Lipinski definition) is 1. The van der Waals surface area contributed by atoms with Crippen LogP contribution in [-0.4, -0.2) is 0 Å². The van der Waals surface area contributed by atoms with Gasteiger partial charge in [0.15, 0.2) is 5.58 Å². The molecule has 0 unspecified atom stereocenters. The third-order valence-corrected chi connectivity index (χ3v) is 3.82. The number of fused-ring (bicyclic) bond motifs is 3. The standard InChI is InChI=1S/C15H11ClO.C2H6/c16-13-3-1-2-12-11-7-6-10(9-4-5-9)8-14(11)17-15(12)13;1-2/h1-3,6-9H,4-5H2;1-2H3. The summed E-state index contributed by atoms with van der Waals surface area (Å²) < 4.78 is 5.87. The van der Waals surface area contributed by atoms with Crippen molar-refractivity contribution in [2.45, 2.75) is 32.6 Å². The summed E-state index contributed by atoms with van der Waals surface area (Å²) in [6.07, 6.45) is 2.62. The maximum absolute atomic E-state index is 6.15. The summed E-state index contributed by atoms with van der Waals surface area (Å²) in [5, 5.41) is 2.95. The number of hydrogen-bond donors (Lipinski definition) is 0. The van der Waals surface area contributed by atoms with Crippen molar-refractivity contribution >= 4 is 33.5 Å². The quantitative estimate of drug-likeness (QED) is 0.518. The van der Waals surface area contributed by atoms with Crippen molar-refractivity contribution in [2.24, 2.45) is 0 Å². The zero-order valence-corrected chi connectivity index (χ0v) is 12.0. The van der Waals surface area contributed by atoms with E-state index in [1.54, 1.807) is 0 Å². The molecule has 0 saturated heterocycles. The van der Waals surface area contributed by atoms with Crippen molar-refractivity contribution < 1.29 is 4.42 Å². The summed E-state index contributed by atoms with van der Waals surface area (Å²) in [6.45, 7) is 4.00. The predicted molar refractivity (Wildman–Crippen MR) is 82.1 cm³/mol. The molecule has 1 aliphatic carbocycles. The van der Waals surface area contributed by atoms with Crippen LogP contribution in [0.1, 0.15) is 38.2 Å². The Morgan fingerprint density at radius 2 is 1.84 bits per heavy atom. The van der Waals surface area contributed by atoms with Crippen LogP contribution in [0, 0.1) is 0 Å². The number of rotatable bonds is 1. The average Bonchev–Trinajstić information content (AvgIpc) is 3.23. The molecule has 4 rings (SSSR count).